The maximum Gasteiger partial charge on any atom is 0.282 e. The van der Waals surface area contributed by atoms with Gasteiger partial charge in [-0.05, 0) is 24.3 Å². The average molecular weight is 452 g/mol. The van der Waals surface area contributed by atoms with E-state index in [1.54, 1.807) is 0 Å². The van der Waals surface area contributed by atoms with E-state index in [9.17, 15) is 13.2 Å². The molecule has 0 bridgehead atoms. The first kappa shape index (κ1) is 22.7. The van der Waals surface area contributed by atoms with Gasteiger partial charge in [-0.15, -0.1) is 0 Å². The number of nitrogens with zero attached hydrogens (tertiary/aromatic N) is 2. The summed E-state index contributed by atoms with van der Waals surface area (Å²) in [6.07, 6.45) is 2.49. The molecule has 3 aliphatic heterocycles. The van der Waals surface area contributed by atoms with E-state index in [-0.39, 0.29) is 24.3 Å². The monoisotopic (exact) mass is 451 g/mol. The summed E-state index contributed by atoms with van der Waals surface area (Å²) < 4.78 is 40.8. The van der Waals surface area contributed by atoms with E-state index in [1.807, 2.05) is 18.2 Å². The second-order valence-electron chi connectivity index (χ2n) is 8.77. The molecule has 1 aromatic carbocycles. The third-order valence-corrected chi connectivity index (χ3v) is 8.66. The number of carbonyl (C=O) groups excluding carboxylic acids is 1. The van der Waals surface area contributed by atoms with Crippen molar-refractivity contribution in [2.24, 2.45) is 5.92 Å². The Bertz CT molecular complexity index is 847. The number of piperidine rings is 2. The Hall–Kier alpha value is -1.52. The minimum absolute atomic E-state index is 0.0620. The fraction of sp³-hybridized carbons (Fsp3) is 0.682. The Labute approximate surface area is 185 Å². The quantitative estimate of drug-likeness (QED) is 0.711. The molecule has 31 heavy (non-hydrogen) atoms. The molecule has 1 spiro atoms. The van der Waals surface area contributed by atoms with Gasteiger partial charge in [0.25, 0.3) is 10.2 Å². The minimum atomic E-state index is -3.60. The van der Waals surface area contributed by atoms with Gasteiger partial charge in [0.1, 0.15) is 0 Å². The van der Waals surface area contributed by atoms with Gasteiger partial charge < -0.3 is 14.8 Å². The highest BCUT2D eigenvalue weighted by atomic mass is 32.2. The molecule has 3 heterocycles. The largest absolute Gasteiger partial charge is 0.355 e. The van der Waals surface area contributed by atoms with Crippen LogP contribution < -0.4 is 5.32 Å². The lowest BCUT2D eigenvalue weighted by Gasteiger charge is -2.40. The van der Waals surface area contributed by atoms with Crippen LogP contribution in [0.5, 0.6) is 0 Å². The molecule has 4 rings (SSSR count). The van der Waals surface area contributed by atoms with E-state index in [1.165, 1.54) is 14.2 Å². The lowest BCUT2D eigenvalue weighted by atomic mass is 9.97. The molecule has 2 unspecified atom stereocenters. The summed E-state index contributed by atoms with van der Waals surface area (Å²) in [5, 5.41) is 3.03. The van der Waals surface area contributed by atoms with Crippen molar-refractivity contribution in [3.05, 3.63) is 35.9 Å². The smallest absolute Gasteiger partial charge is 0.282 e. The Morgan fingerprint density at radius 3 is 2.48 bits per heavy atom. The number of hydrogen-bond acceptors (Lipinski definition) is 5. The highest BCUT2D eigenvalue weighted by Gasteiger charge is 2.44. The highest BCUT2D eigenvalue weighted by Crippen LogP contribution is 2.33. The summed E-state index contributed by atoms with van der Waals surface area (Å²) in [5.41, 5.74) is 1.17. The van der Waals surface area contributed by atoms with Crippen LogP contribution in [0.25, 0.3) is 0 Å². The van der Waals surface area contributed by atoms with Crippen LogP contribution in [0.1, 0.15) is 44.1 Å². The number of benzene rings is 1. The molecular weight excluding hydrogens is 418 g/mol. The van der Waals surface area contributed by atoms with Gasteiger partial charge in [0.05, 0.1) is 19.1 Å². The summed E-state index contributed by atoms with van der Waals surface area (Å²) >= 11 is 0. The van der Waals surface area contributed by atoms with E-state index < -0.39 is 16.0 Å². The van der Waals surface area contributed by atoms with Crippen molar-refractivity contribution in [3.63, 3.8) is 0 Å². The number of hydrogen-bond donors (Lipinski definition) is 1. The van der Waals surface area contributed by atoms with E-state index in [0.717, 1.165) is 0 Å². The Kier molecular flexibility index (Phi) is 6.98. The van der Waals surface area contributed by atoms with Crippen molar-refractivity contribution in [1.29, 1.82) is 0 Å². The lowest BCUT2D eigenvalue weighted by Crippen LogP contribution is -2.54. The van der Waals surface area contributed by atoms with Crippen LogP contribution in [0.2, 0.25) is 0 Å². The molecule has 1 aromatic rings. The Morgan fingerprint density at radius 2 is 1.81 bits per heavy atom. The molecule has 9 heteroatoms. The fourth-order valence-corrected chi connectivity index (χ4v) is 6.37. The standard InChI is InChI=1S/C22H33N3O5S/c1-18(19-6-3-2-4-7-19)16-23-21(26)20-8-5-11-25(17-20)31(27,28)24-12-9-22(10-13-24)29-14-15-30-22/h2-4,6-7,18,20H,5,8-17H2,1H3,(H,23,26). The van der Waals surface area contributed by atoms with Crippen LogP contribution in [-0.2, 0) is 24.5 Å². The summed E-state index contributed by atoms with van der Waals surface area (Å²) in [6.45, 7) is 5.21. The van der Waals surface area contributed by atoms with Crippen molar-refractivity contribution < 1.29 is 22.7 Å². The van der Waals surface area contributed by atoms with Gasteiger partial charge in [-0.25, -0.2) is 0 Å². The molecule has 1 N–H and O–H groups in total. The number of ether oxygens (including phenoxy) is 2. The third kappa shape index (κ3) is 5.12. The second-order valence-corrected chi connectivity index (χ2v) is 10.7. The van der Waals surface area contributed by atoms with Crippen LogP contribution in [0.3, 0.4) is 0 Å². The normalized spacial score (nSPS) is 26.0. The van der Waals surface area contributed by atoms with Crippen LogP contribution in [-0.4, -0.2) is 74.7 Å². The predicted molar refractivity (Wildman–Crippen MR) is 117 cm³/mol. The zero-order valence-corrected chi connectivity index (χ0v) is 19.0. The molecule has 1 amide bonds. The molecule has 2 atom stereocenters. The van der Waals surface area contributed by atoms with Crippen LogP contribution >= 0.6 is 0 Å². The van der Waals surface area contributed by atoms with Crippen LogP contribution in [0, 0.1) is 5.92 Å². The molecule has 3 fully saturated rings. The molecule has 8 nitrogen and oxygen atoms in total. The van der Waals surface area contributed by atoms with E-state index in [4.69, 9.17) is 9.47 Å². The first-order valence-electron chi connectivity index (χ1n) is 11.3. The summed E-state index contributed by atoms with van der Waals surface area (Å²) in [7, 11) is -3.60. The molecular formula is C22H33N3O5S. The molecule has 0 radical (unpaired) electrons. The molecule has 3 aliphatic rings. The zero-order valence-electron chi connectivity index (χ0n) is 18.2. The summed E-state index contributed by atoms with van der Waals surface area (Å²) in [4.78, 5) is 12.8. The van der Waals surface area contributed by atoms with Gasteiger partial charge in [-0.2, -0.15) is 17.0 Å². The maximum absolute atomic E-state index is 13.2. The Balaban J connectivity index is 1.30. The third-order valence-electron chi connectivity index (χ3n) is 6.66. The zero-order chi connectivity index (χ0) is 21.9. The number of nitrogens with one attached hydrogen (secondary N) is 1. The Morgan fingerprint density at radius 1 is 1.13 bits per heavy atom. The van der Waals surface area contributed by atoms with Crippen molar-refractivity contribution in [3.8, 4) is 0 Å². The maximum atomic E-state index is 13.2. The first-order chi connectivity index (χ1) is 14.9. The molecule has 3 saturated heterocycles. The topological polar surface area (TPSA) is 88.2 Å². The van der Waals surface area contributed by atoms with Gasteiger partial charge in [0.15, 0.2) is 5.79 Å². The van der Waals surface area contributed by atoms with E-state index in [2.05, 4.69) is 24.4 Å². The van der Waals surface area contributed by atoms with E-state index >= 15 is 0 Å². The summed E-state index contributed by atoms with van der Waals surface area (Å²) in [6, 6.07) is 10.1. The predicted octanol–water partition coefficient (Wildman–Crippen LogP) is 1.70. The van der Waals surface area contributed by atoms with Crippen molar-refractivity contribution >= 4 is 16.1 Å². The number of carbonyl (C=O) groups is 1. The van der Waals surface area contributed by atoms with E-state index in [0.29, 0.717) is 65.1 Å². The van der Waals surface area contributed by atoms with Gasteiger partial charge in [0, 0.05) is 45.6 Å². The highest BCUT2D eigenvalue weighted by molar-refractivity contribution is 7.86. The van der Waals surface area contributed by atoms with Crippen LogP contribution in [0.4, 0.5) is 0 Å². The van der Waals surface area contributed by atoms with Crippen LogP contribution in [0.15, 0.2) is 30.3 Å². The molecule has 172 valence electrons. The lowest BCUT2D eigenvalue weighted by molar-refractivity contribution is -0.179. The first-order valence-corrected chi connectivity index (χ1v) is 12.7. The number of rotatable bonds is 6. The van der Waals surface area contributed by atoms with Gasteiger partial charge >= 0.3 is 0 Å². The van der Waals surface area contributed by atoms with Gasteiger partial charge in [0.2, 0.25) is 5.91 Å². The minimum Gasteiger partial charge on any atom is -0.355 e. The van der Waals surface area contributed by atoms with Crippen molar-refractivity contribution in [1.82, 2.24) is 13.9 Å². The SMILES string of the molecule is CC(CNC(=O)C1CCCN(S(=O)(=O)N2CCC3(CC2)OCCO3)C1)c1ccccc1. The average Bonchev–Trinajstić information content (AvgIpc) is 3.26. The number of amides is 1. The van der Waals surface area contributed by atoms with Gasteiger partial charge in [-0.1, -0.05) is 37.3 Å². The molecule has 0 saturated carbocycles. The summed E-state index contributed by atoms with van der Waals surface area (Å²) in [5.74, 6) is -0.780. The second kappa shape index (κ2) is 9.54. The van der Waals surface area contributed by atoms with Crippen molar-refractivity contribution in [2.75, 3.05) is 45.9 Å². The molecule has 0 aliphatic carbocycles. The van der Waals surface area contributed by atoms with Crippen molar-refractivity contribution in [2.45, 2.75) is 44.3 Å². The van der Waals surface area contributed by atoms with Gasteiger partial charge in [-0.3, -0.25) is 4.79 Å². The molecule has 0 aromatic heterocycles. The fourth-order valence-electron chi connectivity index (χ4n) is 4.67.